The van der Waals surface area contributed by atoms with Crippen LogP contribution in [0.3, 0.4) is 0 Å². The summed E-state index contributed by atoms with van der Waals surface area (Å²) < 4.78 is 24.8. The first-order valence-electron chi connectivity index (χ1n) is 10.8. The minimum atomic E-state index is -0.276. The molecule has 0 aliphatic carbocycles. The molecule has 5 rings (SSSR count). The first-order valence-corrected chi connectivity index (χ1v) is 10.8. The summed E-state index contributed by atoms with van der Waals surface area (Å²) in [6.45, 7) is 0.643. The maximum Gasteiger partial charge on any atom is 0.270 e. The van der Waals surface area contributed by atoms with E-state index in [0.717, 1.165) is 41.5 Å². The van der Waals surface area contributed by atoms with E-state index in [-0.39, 0.29) is 17.8 Å². The van der Waals surface area contributed by atoms with Crippen molar-refractivity contribution in [1.29, 1.82) is 0 Å². The van der Waals surface area contributed by atoms with E-state index in [1.165, 1.54) is 12.1 Å². The van der Waals surface area contributed by atoms with E-state index in [2.05, 4.69) is 9.97 Å². The van der Waals surface area contributed by atoms with Crippen LogP contribution in [-0.2, 0) is 6.42 Å². The average molecular weight is 433 g/mol. The largest absolute Gasteiger partial charge is 0.497 e. The highest BCUT2D eigenvalue weighted by Crippen LogP contribution is 2.33. The molecule has 1 aliphatic heterocycles. The van der Waals surface area contributed by atoms with Gasteiger partial charge in [-0.15, -0.1) is 0 Å². The number of ether oxygens (including phenoxy) is 1. The van der Waals surface area contributed by atoms with Gasteiger partial charge in [-0.05, 0) is 61.2 Å². The number of oxazole rings is 1. The zero-order chi connectivity index (χ0) is 22.1. The minimum absolute atomic E-state index is 0.0743. The number of hydrogen-bond donors (Lipinski definition) is 1. The van der Waals surface area contributed by atoms with Crippen LogP contribution in [0.25, 0.3) is 10.9 Å². The second-order valence-electron chi connectivity index (χ2n) is 8.12. The lowest BCUT2D eigenvalue weighted by atomic mass is 10.0. The lowest BCUT2D eigenvalue weighted by Gasteiger charge is -2.33. The number of nitrogens with one attached hydrogen (secondary N) is 1. The van der Waals surface area contributed by atoms with E-state index in [9.17, 15) is 9.18 Å². The zero-order valence-corrected chi connectivity index (χ0v) is 17.8. The van der Waals surface area contributed by atoms with Crippen LogP contribution in [0.2, 0.25) is 0 Å². The molecule has 0 spiro atoms. The van der Waals surface area contributed by atoms with Gasteiger partial charge in [-0.1, -0.05) is 12.1 Å². The molecular formula is C25H24FN3O3. The van der Waals surface area contributed by atoms with Gasteiger partial charge in [0.1, 0.15) is 29.1 Å². The fourth-order valence-electron chi connectivity index (χ4n) is 4.35. The summed E-state index contributed by atoms with van der Waals surface area (Å²) >= 11 is 0. The van der Waals surface area contributed by atoms with Crippen molar-refractivity contribution in [2.45, 2.75) is 31.7 Å². The van der Waals surface area contributed by atoms with Gasteiger partial charge in [0.2, 0.25) is 5.89 Å². The number of H-pyrrole nitrogens is 1. The van der Waals surface area contributed by atoms with Crippen LogP contribution in [0.4, 0.5) is 4.39 Å². The Bertz CT molecular complexity index is 1260. The molecule has 0 radical (unpaired) electrons. The van der Waals surface area contributed by atoms with Gasteiger partial charge in [-0.2, -0.15) is 0 Å². The van der Waals surface area contributed by atoms with Gasteiger partial charge in [0.15, 0.2) is 0 Å². The molecule has 1 aliphatic rings. The van der Waals surface area contributed by atoms with Gasteiger partial charge in [-0.25, -0.2) is 9.37 Å². The summed E-state index contributed by atoms with van der Waals surface area (Å²) in [6, 6.07) is 13.8. The van der Waals surface area contributed by atoms with Crippen molar-refractivity contribution in [3.63, 3.8) is 0 Å². The molecule has 3 heterocycles. The van der Waals surface area contributed by atoms with Crippen LogP contribution in [-0.4, -0.2) is 34.4 Å². The van der Waals surface area contributed by atoms with Crippen molar-refractivity contribution in [3.05, 3.63) is 83.5 Å². The molecule has 0 bridgehead atoms. The topological polar surface area (TPSA) is 71.4 Å². The lowest BCUT2D eigenvalue weighted by molar-refractivity contribution is 0.0565. The maximum atomic E-state index is 13.5. The standard InChI is InChI=1S/C25H24FN3O3/c1-31-19-8-9-21-17(13-19)14-22(28-21)25(30)29-10-3-2-7-23(29)24-27-15-20(32-24)12-16-5-4-6-18(26)11-16/h4-6,8-9,11,13-15,23,28H,2-3,7,10,12H2,1H3/t23-/m1/s1. The molecule has 2 aromatic heterocycles. The summed E-state index contributed by atoms with van der Waals surface area (Å²) in [6.07, 6.45) is 4.86. The van der Waals surface area contributed by atoms with E-state index >= 15 is 0 Å². The number of benzene rings is 2. The van der Waals surface area contributed by atoms with Crippen LogP contribution in [0.15, 0.2) is 59.1 Å². The van der Waals surface area contributed by atoms with E-state index < -0.39 is 0 Å². The number of methoxy groups -OCH3 is 1. The molecule has 164 valence electrons. The van der Waals surface area contributed by atoms with Gasteiger partial charge < -0.3 is 19.0 Å². The molecule has 1 N–H and O–H groups in total. The first-order chi connectivity index (χ1) is 15.6. The number of aromatic nitrogens is 2. The Morgan fingerprint density at radius 3 is 3.00 bits per heavy atom. The third-order valence-corrected chi connectivity index (χ3v) is 5.95. The van der Waals surface area contributed by atoms with Gasteiger partial charge in [0.25, 0.3) is 5.91 Å². The number of carbonyl (C=O) groups is 1. The average Bonchev–Trinajstić information content (AvgIpc) is 3.45. The third kappa shape index (κ3) is 3.98. The van der Waals surface area contributed by atoms with Crippen LogP contribution in [0.1, 0.15) is 53.0 Å². The molecule has 2 aromatic carbocycles. The van der Waals surface area contributed by atoms with Crippen molar-refractivity contribution in [3.8, 4) is 5.75 Å². The number of rotatable bonds is 5. The van der Waals surface area contributed by atoms with E-state index in [1.54, 1.807) is 19.4 Å². The monoisotopic (exact) mass is 433 g/mol. The fourth-order valence-corrected chi connectivity index (χ4v) is 4.35. The second-order valence-corrected chi connectivity index (χ2v) is 8.12. The molecular weight excluding hydrogens is 409 g/mol. The first kappa shape index (κ1) is 20.3. The predicted molar refractivity (Wildman–Crippen MR) is 118 cm³/mol. The van der Waals surface area contributed by atoms with Crippen molar-refractivity contribution in [2.24, 2.45) is 0 Å². The molecule has 4 aromatic rings. The predicted octanol–water partition coefficient (Wildman–Crippen LogP) is 5.26. The molecule has 1 atom stereocenters. The van der Waals surface area contributed by atoms with Crippen molar-refractivity contribution < 1.29 is 18.3 Å². The number of amides is 1. The number of carbonyl (C=O) groups excluding carboxylic acids is 1. The Morgan fingerprint density at radius 1 is 1.25 bits per heavy atom. The number of aromatic amines is 1. The molecule has 32 heavy (non-hydrogen) atoms. The van der Waals surface area contributed by atoms with Crippen molar-refractivity contribution in [1.82, 2.24) is 14.9 Å². The van der Waals surface area contributed by atoms with Gasteiger partial charge >= 0.3 is 0 Å². The Morgan fingerprint density at radius 2 is 2.16 bits per heavy atom. The normalized spacial score (nSPS) is 16.4. The molecule has 0 saturated carbocycles. The zero-order valence-electron chi connectivity index (χ0n) is 17.8. The SMILES string of the molecule is COc1ccc2[nH]c(C(=O)N3CCCC[C@@H]3c3ncc(Cc4cccc(F)c4)o3)cc2c1. The summed E-state index contributed by atoms with van der Waals surface area (Å²) in [4.78, 5) is 22.9. The summed E-state index contributed by atoms with van der Waals surface area (Å²) in [5, 5.41) is 0.926. The Kier molecular flexibility index (Phi) is 5.39. The molecule has 1 amide bonds. The van der Waals surface area contributed by atoms with Gasteiger partial charge in [0, 0.05) is 23.9 Å². The second kappa shape index (κ2) is 8.49. The van der Waals surface area contributed by atoms with E-state index in [4.69, 9.17) is 9.15 Å². The summed E-state index contributed by atoms with van der Waals surface area (Å²) in [7, 11) is 1.62. The highest BCUT2D eigenvalue weighted by molar-refractivity contribution is 5.98. The third-order valence-electron chi connectivity index (χ3n) is 5.95. The van der Waals surface area contributed by atoms with Crippen LogP contribution in [0, 0.1) is 5.82 Å². The minimum Gasteiger partial charge on any atom is -0.497 e. The van der Waals surface area contributed by atoms with E-state index in [0.29, 0.717) is 30.3 Å². The quantitative estimate of drug-likeness (QED) is 0.466. The Labute approximate surface area is 185 Å². The number of hydrogen-bond acceptors (Lipinski definition) is 4. The number of likely N-dealkylation sites (tertiary alicyclic amines) is 1. The smallest absolute Gasteiger partial charge is 0.270 e. The number of fused-ring (bicyclic) bond motifs is 1. The van der Waals surface area contributed by atoms with E-state index in [1.807, 2.05) is 35.2 Å². The summed E-state index contributed by atoms with van der Waals surface area (Å²) in [5.74, 6) is 1.58. The van der Waals surface area contributed by atoms with Crippen LogP contribution >= 0.6 is 0 Å². The number of piperidine rings is 1. The number of halogens is 1. The Hall–Kier alpha value is -3.61. The molecule has 1 saturated heterocycles. The number of nitrogens with zero attached hydrogens (tertiary/aromatic N) is 2. The molecule has 0 unspecified atom stereocenters. The Balaban J connectivity index is 1.38. The van der Waals surface area contributed by atoms with Gasteiger partial charge in [-0.3, -0.25) is 4.79 Å². The fraction of sp³-hybridized carbons (Fsp3) is 0.280. The van der Waals surface area contributed by atoms with Crippen molar-refractivity contribution in [2.75, 3.05) is 13.7 Å². The molecule has 6 nitrogen and oxygen atoms in total. The van der Waals surface area contributed by atoms with Crippen molar-refractivity contribution >= 4 is 16.8 Å². The maximum absolute atomic E-state index is 13.5. The highest BCUT2D eigenvalue weighted by Gasteiger charge is 2.32. The molecule has 1 fully saturated rings. The van der Waals surface area contributed by atoms with Crippen LogP contribution in [0.5, 0.6) is 5.75 Å². The molecule has 7 heteroatoms. The van der Waals surface area contributed by atoms with Crippen LogP contribution < -0.4 is 4.74 Å². The van der Waals surface area contributed by atoms with Gasteiger partial charge in [0.05, 0.1) is 13.3 Å². The summed E-state index contributed by atoms with van der Waals surface area (Å²) in [5.41, 5.74) is 2.24. The highest BCUT2D eigenvalue weighted by atomic mass is 19.1. The lowest BCUT2D eigenvalue weighted by Crippen LogP contribution is -2.38.